The number of carbonyl (C=O) groups is 4. The number of rotatable bonds is 20. The minimum absolute atomic E-state index is 0.108. The second-order valence-corrected chi connectivity index (χ2v) is 16.2. The minimum Gasteiger partial charge on any atom is -0.379 e. The zero-order valence-corrected chi connectivity index (χ0v) is 36.4. The number of amides is 4. The summed E-state index contributed by atoms with van der Waals surface area (Å²) >= 11 is 0. The molecular weight excluding hydrogens is 745 g/mol. The molecule has 56 heavy (non-hydrogen) atoms. The number of nitrogens with one attached hydrogen (secondary N) is 4. The molecule has 0 aliphatic carbocycles. The van der Waals surface area contributed by atoms with Crippen LogP contribution in [0.4, 0.5) is 0 Å². The maximum atomic E-state index is 13.3. The first-order chi connectivity index (χ1) is 27.2. The van der Waals surface area contributed by atoms with Gasteiger partial charge in [0.05, 0.1) is 26.4 Å². The van der Waals surface area contributed by atoms with E-state index in [0.717, 1.165) is 12.8 Å². The summed E-state index contributed by atoms with van der Waals surface area (Å²) in [6.07, 6.45) is 4.38. The van der Waals surface area contributed by atoms with Gasteiger partial charge in [0.25, 0.3) is 0 Å². The Balaban J connectivity index is 2.83. The van der Waals surface area contributed by atoms with Crippen LogP contribution in [0.5, 0.6) is 0 Å². The Kier molecular flexibility index (Phi) is 31.1. The van der Waals surface area contributed by atoms with Crippen molar-refractivity contribution in [2.24, 2.45) is 0 Å². The molecule has 1 saturated heterocycles. The van der Waals surface area contributed by atoms with Crippen molar-refractivity contribution in [3.05, 3.63) is 0 Å². The van der Waals surface area contributed by atoms with E-state index in [1.165, 1.54) is 0 Å². The molecule has 0 aromatic heterocycles. The Morgan fingerprint density at radius 3 is 1.16 bits per heavy atom. The van der Waals surface area contributed by atoms with Crippen molar-refractivity contribution in [1.82, 2.24) is 31.1 Å². The van der Waals surface area contributed by atoms with Crippen molar-refractivity contribution in [3.8, 4) is 0 Å². The van der Waals surface area contributed by atoms with Crippen LogP contribution in [-0.2, 0) is 51.4 Å². The number of ether oxygens (including phenoxy) is 4. The largest absolute Gasteiger partial charge is 0.500 e. The van der Waals surface area contributed by atoms with Gasteiger partial charge in [-0.25, -0.2) is 0 Å². The molecule has 1 aliphatic heterocycles. The number of hydrogen-bond acceptors (Lipinski definition) is 13. The molecular formula is C38H76N6O11Si. The van der Waals surface area contributed by atoms with Gasteiger partial charge in [0.1, 0.15) is 0 Å². The summed E-state index contributed by atoms with van der Waals surface area (Å²) in [7, 11) is 2.01. The molecule has 0 saturated carbocycles. The van der Waals surface area contributed by atoms with E-state index in [0.29, 0.717) is 131 Å². The third-order valence-corrected chi connectivity index (χ3v) is 12.5. The van der Waals surface area contributed by atoms with Crippen molar-refractivity contribution in [1.29, 1.82) is 0 Å². The average Bonchev–Trinajstić information content (AvgIpc) is 3.18. The van der Waals surface area contributed by atoms with E-state index in [-0.39, 0.29) is 61.4 Å². The maximum absolute atomic E-state index is 13.3. The van der Waals surface area contributed by atoms with Gasteiger partial charge in [-0.3, -0.25) is 29.0 Å². The van der Waals surface area contributed by atoms with Crippen LogP contribution in [0.1, 0.15) is 78.6 Å². The number of carbonyl (C=O) groups excluding carboxylic acids is 4. The van der Waals surface area contributed by atoms with Crippen LogP contribution >= 0.6 is 0 Å². The van der Waals surface area contributed by atoms with E-state index in [2.05, 4.69) is 31.1 Å². The number of nitrogens with zero attached hydrogens (tertiary/aromatic N) is 2. The predicted molar refractivity (Wildman–Crippen MR) is 216 cm³/mol. The summed E-state index contributed by atoms with van der Waals surface area (Å²) < 4.78 is 41.4. The molecule has 0 spiro atoms. The lowest BCUT2D eigenvalue weighted by atomic mass is 10.1. The summed E-state index contributed by atoms with van der Waals surface area (Å²) in [6, 6.07) is 0.0618. The molecule has 1 heterocycles. The summed E-state index contributed by atoms with van der Waals surface area (Å²) in [6.45, 7) is 14.2. The topological polar surface area (TPSA) is 187 Å². The van der Waals surface area contributed by atoms with Gasteiger partial charge in [-0.1, -0.05) is 0 Å². The normalized spacial score (nSPS) is 17.9. The molecule has 17 nitrogen and oxygen atoms in total. The van der Waals surface area contributed by atoms with Gasteiger partial charge in [-0.05, 0) is 52.9 Å². The standard InChI is InChI=1S/C38H76N6O11Si/c1-7-53-56(54-8-2,55-9-3)28-10-15-42-38(48)32-34(31-37(47)41-6)44-18-13-22-51-26-24-49-20-11-16-43(17-12-21-50-25-27-52-23-14-19-44)33(29-35(45)39-4)30-36(46)40-5/h33-34H,7-32H2,1-6H3,(H,39,45)(H,40,46)(H,41,47)(H,42,48). The molecule has 1 aliphatic rings. The van der Waals surface area contributed by atoms with E-state index >= 15 is 0 Å². The third-order valence-electron chi connectivity index (χ3n) is 9.31. The molecule has 1 unspecified atom stereocenters. The minimum atomic E-state index is -2.80. The van der Waals surface area contributed by atoms with Crippen molar-refractivity contribution in [2.75, 3.05) is 127 Å². The first kappa shape index (κ1) is 51.8. The van der Waals surface area contributed by atoms with E-state index in [1.54, 1.807) is 21.1 Å². The van der Waals surface area contributed by atoms with E-state index in [9.17, 15) is 19.2 Å². The fourth-order valence-electron chi connectivity index (χ4n) is 6.51. The highest BCUT2D eigenvalue weighted by Crippen LogP contribution is 2.18. The van der Waals surface area contributed by atoms with E-state index in [4.69, 9.17) is 32.2 Å². The predicted octanol–water partition coefficient (Wildman–Crippen LogP) is 1.32. The van der Waals surface area contributed by atoms with Gasteiger partial charge >= 0.3 is 8.80 Å². The number of hydrogen-bond donors (Lipinski definition) is 4. The summed E-state index contributed by atoms with van der Waals surface area (Å²) in [5.41, 5.74) is 0. The molecule has 18 heteroatoms. The van der Waals surface area contributed by atoms with Gasteiger partial charge in [-0.2, -0.15) is 0 Å². The highest BCUT2D eigenvalue weighted by atomic mass is 28.4. The van der Waals surface area contributed by atoms with Gasteiger partial charge in [0, 0.05) is 144 Å². The molecule has 0 aromatic carbocycles. The van der Waals surface area contributed by atoms with Crippen molar-refractivity contribution < 1.29 is 51.4 Å². The second-order valence-electron chi connectivity index (χ2n) is 13.5. The molecule has 4 amide bonds. The average molecular weight is 821 g/mol. The Morgan fingerprint density at radius 1 is 0.536 bits per heavy atom. The van der Waals surface area contributed by atoms with Crippen molar-refractivity contribution in [2.45, 2.75) is 96.7 Å². The van der Waals surface area contributed by atoms with Crippen molar-refractivity contribution in [3.63, 3.8) is 0 Å². The fraction of sp³-hybridized carbons (Fsp3) is 0.895. The van der Waals surface area contributed by atoms with Crippen LogP contribution in [0.2, 0.25) is 6.04 Å². The Labute approximate surface area is 337 Å². The van der Waals surface area contributed by atoms with Gasteiger partial charge < -0.3 is 53.5 Å². The van der Waals surface area contributed by atoms with Crippen LogP contribution in [-0.4, -0.2) is 181 Å². The molecule has 0 radical (unpaired) electrons. The molecule has 1 rings (SSSR count). The quantitative estimate of drug-likeness (QED) is 0.102. The zero-order chi connectivity index (χ0) is 41.3. The van der Waals surface area contributed by atoms with E-state index in [1.807, 2.05) is 20.8 Å². The zero-order valence-electron chi connectivity index (χ0n) is 35.4. The second kappa shape index (κ2) is 33.7. The molecule has 328 valence electrons. The van der Waals surface area contributed by atoms with Gasteiger partial charge in [0.2, 0.25) is 23.6 Å². The molecule has 1 atom stereocenters. The molecule has 0 aromatic rings. The molecule has 1 fully saturated rings. The highest BCUT2D eigenvalue weighted by Gasteiger charge is 2.39. The lowest BCUT2D eigenvalue weighted by molar-refractivity contribution is -0.126. The van der Waals surface area contributed by atoms with Crippen molar-refractivity contribution >= 4 is 32.4 Å². The van der Waals surface area contributed by atoms with Crippen LogP contribution < -0.4 is 21.3 Å². The summed E-state index contributed by atoms with van der Waals surface area (Å²) in [5.74, 6) is -0.459. The summed E-state index contributed by atoms with van der Waals surface area (Å²) in [5, 5.41) is 11.1. The SMILES string of the molecule is CCO[Si](CCCNC(=O)CC(CC(=O)NC)N1CCCOCCOCCCN(C(CC(=O)NC)CC(=O)NC)CCCOCCOCCC1)(OCC)OCC. The molecule has 4 N–H and O–H groups in total. The fourth-order valence-corrected chi connectivity index (χ4v) is 9.12. The van der Waals surface area contributed by atoms with Crippen LogP contribution in [0, 0.1) is 0 Å². The lowest BCUT2D eigenvalue weighted by Gasteiger charge is -2.31. The van der Waals surface area contributed by atoms with Crippen LogP contribution in [0.15, 0.2) is 0 Å². The highest BCUT2D eigenvalue weighted by molar-refractivity contribution is 6.60. The monoisotopic (exact) mass is 821 g/mol. The van der Waals surface area contributed by atoms with Gasteiger partial charge in [0.15, 0.2) is 0 Å². The van der Waals surface area contributed by atoms with Gasteiger partial charge in [-0.15, -0.1) is 0 Å². The smallest absolute Gasteiger partial charge is 0.379 e. The Morgan fingerprint density at radius 2 is 0.857 bits per heavy atom. The summed E-state index contributed by atoms with van der Waals surface area (Å²) in [4.78, 5) is 54.9. The van der Waals surface area contributed by atoms with Crippen LogP contribution in [0.3, 0.4) is 0 Å². The molecule has 0 bridgehead atoms. The first-order valence-corrected chi connectivity index (χ1v) is 22.7. The maximum Gasteiger partial charge on any atom is 0.500 e. The van der Waals surface area contributed by atoms with E-state index < -0.39 is 8.80 Å². The third kappa shape index (κ3) is 24.5. The Hall–Kier alpha value is -2.26. The first-order valence-electron chi connectivity index (χ1n) is 20.8. The Bertz CT molecular complexity index is 991. The lowest BCUT2D eigenvalue weighted by Crippen LogP contribution is -2.46. The van der Waals surface area contributed by atoms with Crippen LogP contribution in [0.25, 0.3) is 0 Å².